The first kappa shape index (κ1) is 46.7. The summed E-state index contributed by atoms with van der Waals surface area (Å²) in [4.78, 5) is 64.3. The fraction of sp³-hybridized carbons (Fsp3) is 0.267. The molecule has 64 heavy (non-hydrogen) atoms. The van der Waals surface area contributed by atoms with E-state index in [-0.39, 0.29) is 35.9 Å². The van der Waals surface area contributed by atoms with E-state index in [2.05, 4.69) is 30.6 Å². The Balaban J connectivity index is 0.000000213. The number of carboxylic acid groups (broad SMARTS) is 2. The van der Waals surface area contributed by atoms with Gasteiger partial charge in [0.1, 0.15) is 21.6 Å². The molecule has 1 aliphatic rings. The predicted molar refractivity (Wildman–Crippen MR) is 238 cm³/mol. The number of aromatic nitrogens is 4. The number of carbonyl (C=O) groups excluding carboxylic acids is 3. The maximum Gasteiger partial charge on any atom is 0.309 e. The molecule has 3 amide bonds. The molecule has 1 aliphatic heterocycles. The van der Waals surface area contributed by atoms with Crippen molar-refractivity contribution < 1.29 is 43.0 Å². The highest BCUT2D eigenvalue weighted by atomic mass is 32.1. The zero-order chi connectivity index (χ0) is 45.8. The minimum Gasteiger partial charge on any atom is -0.481 e. The largest absolute Gasteiger partial charge is 0.481 e. The quantitative estimate of drug-likeness (QED) is 0.0815. The summed E-state index contributed by atoms with van der Waals surface area (Å²) in [6.07, 6.45) is 1.42. The van der Waals surface area contributed by atoms with E-state index in [4.69, 9.17) is 10.2 Å². The molecule has 332 valence electrons. The van der Waals surface area contributed by atoms with E-state index < -0.39 is 35.4 Å². The Bertz CT molecular complexity index is 2580. The lowest BCUT2D eigenvalue weighted by atomic mass is 9.99. The average molecular weight is 911 g/mol. The minimum atomic E-state index is -0.987. The first-order chi connectivity index (χ1) is 30.9. The van der Waals surface area contributed by atoms with Crippen LogP contribution in [0.2, 0.25) is 0 Å². The van der Waals surface area contributed by atoms with Crippen molar-refractivity contribution in [3.63, 3.8) is 0 Å². The average Bonchev–Trinajstić information content (AvgIpc) is 3.97. The minimum absolute atomic E-state index is 0.00147. The number of aliphatic carboxylic acids is 2. The van der Waals surface area contributed by atoms with Gasteiger partial charge in [0.15, 0.2) is 0 Å². The highest BCUT2D eigenvalue weighted by Gasteiger charge is 2.32. The molecule has 15 nitrogen and oxygen atoms in total. The van der Waals surface area contributed by atoms with Gasteiger partial charge in [0, 0.05) is 56.0 Å². The van der Waals surface area contributed by atoms with Crippen molar-refractivity contribution in [1.29, 1.82) is 0 Å². The third kappa shape index (κ3) is 11.8. The van der Waals surface area contributed by atoms with Crippen molar-refractivity contribution in [2.45, 2.75) is 39.7 Å². The lowest BCUT2D eigenvalue weighted by molar-refractivity contribution is -0.147. The number of nitrogens with one attached hydrogen (secondary N) is 1. The number of hydrogen-bond acceptors (Lipinski definition) is 12. The fourth-order valence-corrected chi connectivity index (χ4v) is 8.21. The Morgan fingerprint density at radius 1 is 0.719 bits per heavy atom. The Hall–Kier alpha value is -6.83. The summed E-state index contributed by atoms with van der Waals surface area (Å²) in [5.74, 6) is -4.46. The maximum atomic E-state index is 14.2. The van der Waals surface area contributed by atoms with E-state index in [1.165, 1.54) is 62.8 Å². The third-order valence-corrected chi connectivity index (χ3v) is 12.0. The Kier molecular flexibility index (Phi) is 16.0. The van der Waals surface area contributed by atoms with Gasteiger partial charge in [0.25, 0.3) is 17.7 Å². The van der Waals surface area contributed by atoms with Crippen LogP contribution >= 0.6 is 22.7 Å². The van der Waals surface area contributed by atoms with Gasteiger partial charge in [0.2, 0.25) is 10.3 Å². The second-order valence-electron chi connectivity index (χ2n) is 14.5. The van der Waals surface area contributed by atoms with Crippen molar-refractivity contribution >= 4 is 62.6 Å². The van der Waals surface area contributed by atoms with Gasteiger partial charge < -0.3 is 15.5 Å². The number of hydrogen-bond donors (Lipinski definition) is 3. The summed E-state index contributed by atoms with van der Waals surface area (Å²) < 4.78 is 28.2. The first-order valence-electron chi connectivity index (χ1n) is 20.3. The monoisotopic (exact) mass is 910 g/mol. The fourth-order valence-electron chi connectivity index (χ4n) is 6.42. The Morgan fingerprint density at radius 2 is 1.23 bits per heavy atom. The van der Waals surface area contributed by atoms with Gasteiger partial charge in [-0.3, -0.25) is 38.7 Å². The molecule has 1 saturated heterocycles. The van der Waals surface area contributed by atoms with Crippen LogP contribution in [0.4, 0.5) is 19.0 Å². The molecule has 4 aromatic carbocycles. The van der Waals surface area contributed by atoms with Crippen molar-refractivity contribution in [2.24, 2.45) is 5.92 Å². The molecule has 0 spiro atoms. The molecule has 0 saturated carbocycles. The number of benzene rings is 4. The normalized spacial score (nSPS) is 12.4. The highest BCUT2D eigenvalue weighted by Crippen LogP contribution is 2.32. The van der Waals surface area contributed by atoms with Crippen LogP contribution in [0.15, 0.2) is 97.1 Å². The van der Waals surface area contributed by atoms with Crippen LogP contribution in [-0.2, 0) is 16.1 Å². The number of anilines is 2. The summed E-state index contributed by atoms with van der Waals surface area (Å²) in [7, 11) is 0. The molecule has 6 aromatic rings. The molecule has 0 atom stereocenters. The van der Waals surface area contributed by atoms with Crippen LogP contribution in [0.3, 0.4) is 0 Å². The van der Waals surface area contributed by atoms with Crippen LogP contribution in [0.1, 0.15) is 69.7 Å². The highest BCUT2D eigenvalue weighted by molar-refractivity contribution is 7.19. The second kappa shape index (κ2) is 22.0. The summed E-state index contributed by atoms with van der Waals surface area (Å²) in [6.45, 7) is 6.41. The lowest BCUT2D eigenvalue weighted by Gasteiger charge is -2.36. The number of likely N-dealkylation sites (tertiary alicyclic amines) is 1. The lowest BCUT2D eigenvalue weighted by Crippen LogP contribution is -2.49. The maximum absolute atomic E-state index is 14.2. The molecular weight excluding hydrogens is 867 g/mol. The first-order valence-corrected chi connectivity index (χ1v) is 21.9. The van der Waals surface area contributed by atoms with E-state index in [0.717, 1.165) is 24.0 Å². The molecule has 3 heterocycles. The standard InChI is InChI=1S/C23H23FN4O4S.C22H21FN4O3S/c1-2-3-14-28(22(32)17-6-4-5-7-18(17)24)23-27-26-21(33-23)16-10-8-15(9-11-16)20(31)25-13-12-19(29)30;1-2-27(20(28)17-5-3-4-6-18(17)23)22-25-24-19(31-22)15-9-7-14(8-10-15)11-26-12-16(13-26)21(29)30/h4-11H,2-3,12-14H2,1H3,(H,25,31)(H,29,30);3-10,16H,2,11-13H2,1H3,(H,29,30). The molecule has 0 unspecified atom stereocenters. The Morgan fingerprint density at radius 3 is 1.73 bits per heavy atom. The van der Waals surface area contributed by atoms with E-state index in [1.807, 2.05) is 31.2 Å². The SMILES string of the molecule is CCCCN(C(=O)c1ccccc1F)c1nnc(-c2ccc(C(=O)NCCC(=O)O)cc2)s1.CCN(C(=O)c1ccccc1F)c1nnc(-c2ccc(CN3CC(C(=O)O)C3)cc2)s1. The number of unbranched alkanes of at least 4 members (excludes halogenated alkanes) is 1. The van der Waals surface area contributed by atoms with Crippen molar-refractivity contribution in [2.75, 3.05) is 42.5 Å². The summed E-state index contributed by atoms with van der Waals surface area (Å²) in [5, 5.41) is 38.8. The predicted octanol–water partition coefficient (Wildman–Crippen LogP) is 7.52. The van der Waals surface area contributed by atoms with E-state index in [1.54, 1.807) is 49.4 Å². The summed E-state index contributed by atoms with van der Waals surface area (Å²) >= 11 is 2.47. The van der Waals surface area contributed by atoms with Crippen LogP contribution in [0.25, 0.3) is 21.1 Å². The van der Waals surface area contributed by atoms with E-state index in [9.17, 15) is 32.8 Å². The van der Waals surface area contributed by atoms with Crippen LogP contribution in [0.5, 0.6) is 0 Å². The molecule has 0 radical (unpaired) electrons. The zero-order valence-corrected chi connectivity index (χ0v) is 36.5. The summed E-state index contributed by atoms with van der Waals surface area (Å²) in [5.41, 5.74) is 3.02. The van der Waals surface area contributed by atoms with Crippen LogP contribution < -0.4 is 15.1 Å². The van der Waals surface area contributed by atoms with E-state index in [0.29, 0.717) is 64.1 Å². The molecule has 2 aromatic heterocycles. The second-order valence-corrected chi connectivity index (χ2v) is 16.4. The number of carbonyl (C=O) groups is 5. The number of nitrogens with zero attached hydrogens (tertiary/aromatic N) is 7. The van der Waals surface area contributed by atoms with Gasteiger partial charge in [-0.05, 0) is 55.3 Å². The van der Waals surface area contributed by atoms with Crippen molar-refractivity contribution in [3.05, 3.63) is 131 Å². The van der Waals surface area contributed by atoms with Crippen molar-refractivity contribution in [1.82, 2.24) is 30.6 Å². The molecule has 0 bridgehead atoms. The smallest absolute Gasteiger partial charge is 0.309 e. The molecule has 1 fully saturated rings. The summed E-state index contributed by atoms with van der Waals surface area (Å²) in [6, 6.07) is 26.1. The van der Waals surface area contributed by atoms with Crippen LogP contribution in [-0.4, -0.2) is 97.9 Å². The molecule has 7 rings (SSSR count). The topological polar surface area (TPSA) is 199 Å². The molecular formula is C45H44F2N8O7S2. The van der Waals surface area contributed by atoms with Crippen molar-refractivity contribution in [3.8, 4) is 21.1 Å². The number of amides is 3. The molecule has 19 heteroatoms. The van der Waals surface area contributed by atoms with Gasteiger partial charge in [-0.2, -0.15) is 0 Å². The zero-order valence-electron chi connectivity index (χ0n) is 34.8. The van der Waals surface area contributed by atoms with Crippen LogP contribution in [0, 0.1) is 17.6 Å². The van der Waals surface area contributed by atoms with E-state index >= 15 is 0 Å². The van der Waals surface area contributed by atoms with Gasteiger partial charge in [-0.25, -0.2) is 8.78 Å². The number of carboxylic acids is 2. The van der Waals surface area contributed by atoms with Gasteiger partial charge in [-0.1, -0.05) is 96.7 Å². The number of rotatable bonds is 17. The molecule has 3 N–H and O–H groups in total. The Labute approximate surface area is 375 Å². The third-order valence-electron chi connectivity index (χ3n) is 9.97. The number of halogens is 2. The molecule has 0 aliphatic carbocycles. The van der Waals surface area contributed by atoms with Gasteiger partial charge >= 0.3 is 11.9 Å². The van der Waals surface area contributed by atoms with Gasteiger partial charge in [0.05, 0.1) is 23.5 Å². The van der Waals surface area contributed by atoms with Gasteiger partial charge in [-0.15, -0.1) is 20.4 Å².